The zero-order valence-electron chi connectivity index (χ0n) is 4.84. The molecule has 0 aliphatic heterocycles. The third-order valence-electron chi connectivity index (χ3n) is 0.918. The summed E-state index contributed by atoms with van der Waals surface area (Å²) in [5.41, 5.74) is 0.0903. The molecule has 1 aromatic heterocycles. The Morgan fingerprint density at radius 1 is 1.75 bits per heavy atom. The SMILES string of the molecule is Cc1cc(=O)n(C)s1. The van der Waals surface area contributed by atoms with Crippen LogP contribution >= 0.6 is 11.5 Å². The molecule has 1 aromatic rings. The lowest BCUT2D eigenvalue weighted by molar-refractivity contribution is 0.981. The summed E-state index contributed by atoms with van der Waals surface area (Å²) in [6.45, 7) is 1.92. The standard InChI is InChI=1S/C5H7NOS/c1-4-3-5(7)6(2)8-4/h3H,1-2H3. The highest BCUT2D eigenvalue weighted by Crippen LogP contribution is 1.98. The van der Waals surface area contributed by atoms with Crippen molar-refractivity contribution in [3.05, 3.63) is 21.3 Å². The first kappa shape index (κ1) is 5.56. The van der Waals surface area contributed by atoms with Crippen LogP contribution < -0.4 is 5.56 Å². The van der Waals surface area contributed by atoms with Crippen molar-refractivity contribution in [2.24, 2.45) is 7.05 Å². The maximum atomic E-state index is 10.6. The molecule has 1 heterocycles. The lowest BCUT2D eigenvalue weighted by Crippen LogP contribution is -2.05. The fraction of sp³-hybridized carbons (Fsp3) is 0.400. The van der Waals surface area contributed by atoms with Gasteiger partial charge >= 0.3 is 0 Å². The molecule has 1 rings (SSSR count). The second-order valence-corrected chi connectivity index (χ2v) is 3.06. The number of hydrogen-bond donors (Lipinski definition) is 0. The van der Waals surface area contributed by atoms with E-state index in [2.05, 4.69) is 0 Å². The van der Waals surface area contributed by atoms with Gasteiger partial charge in [-0.15, -0.1) is 0 Å². The Morgan fingerprint density at radius 3 is 2.50 bits per heavy atom. The molecular weight excluding hydrogens is 122 g/mol. The van der Waals surface area contributed by atoms with Gasteiger partial charge in [-0.3, -0.25) is 8.75 Å². The molecule has 0 bridgehead atoms. The summed E-state index contributed by atoms with van der Waals surface area (Å²) in [5.74, 6) is 0. The highest BCUT2D eigenvalue weighted by Gasteiger charge is 1.91. The Morgan fingerprint density at radius 2 is 2.38 bits per heavy atom. The van der Waals surface area contributed by atoms with Crippen molar-refractivity contribution in [1.82, 2.24) is 3.96 Å². The van der Waals surface area contributed by atoms with Crippen LogP contribution in [0.3, 0.4) is 0 Å². The molecule has 0 aliphatic carbocycles. The molecule has 2 nitrogen and oxygen atoms in total. The van der Waals surface area contributed by atoms with Crippen LogP contribution in [0.2, 0.25) is 0 Å². The monoisotopic (exact) mass is 129 g/mol. The fourth-order valence-electron chi connectivity index (χ4n) is 0.552. The van der Waals surface area contributed by atoms with Crippen LogP contribution in [0.15, 0.2) is 10.9 Å². The van der Waals surface area contributed by atoms with Crippen LogP contribution in [0.5, 0.6) is 0 Å². The quantitative estimate of drug-likeness (QED) is 0.506. The Kier molecular flexibility index (Phi) is 1.21. The highest BCUT2D eigenvalue weighted by molar-refractivity contribution is 7.06. The van der Waals surface area contributed by atoms with Crippen LogP contribution in [0.25, 0.3) is 0 Å². The van der Waals surface area contributed by atoms with Gasteiger partial charge in [0.1, 0.15) is 0 Å². The van der Waals surface area contributed by atoms with Gasteiger partial charge in [0.25, 0.3) is 5.56 Å². The molecule has 44 valence electrons. The van der Waals surface area contributed by atoms with Gasteiger partial charge in [0.2, 0.25) is 0 Å². The van der Waals surface area contributed by atoms with Gasteiger partial charge in [0.15, 0.2) is 0 Å². The Balaban J connectivity index is 3.35. The number of aryl methyl sites for hydroxylation is 2. The van der Waals surface area contributed by atoms with Gasteiger partial charge in [-0.1, -0.05) is 11.5 Å². The number of rotatable bonds is 0. The van der Waals surface area contributed by atoms with Crippen LogP contribution in [-0.4, -0.2) is 3.96 Å². The van der Waals surface area contributed by atoms with Crippen LogP contribution in [0.4, 0.5) is 0 Å². The van der Waals surface area contributed by atoms with Crippen molar-refractivity contribution in [1.29, 1.82) is 0 Å². The lowest BCUT2D eigenvalue weighted by atomic mass is 10.5. The minimum absolute atomic E-state index is 0.0903. The van der Waals surface area contributed by atoms with Crippen LogP contribution in [-0.2, 0) is 7.05 Å². The van der Waals surface area contributed by atoms with Gasteiger partial charge in [-0.25, -0.2) is 0 Å². The van der Waals surface area contributed by atoms with E-state index in [0.717, 1.165) is 4.88 Å². The molecule has 0 radical (unpaired) electrons. The first-order valence-corrected chi connectivity index (χ1v) is 3.11. The smallest absolute Gasteiger partial charge is 0.260 e. The summed E-state index contributed by atoms with van der Waals surface area (Å²) in [5, 5.41) is 0. The van der Waals surface area contributed by atoms with E-state index in [1.807, 2.05) is 6.92 Å². The van der Waals surface area contributed by atoms with E-state index in [4.69, 9.17) is 0 Å². The highest BCUT2D eigenvalue weighted by atomic mass is 32.1. The number of aromatic nitrogens is 1. The summed E-state index contributed by atoms with van der Waals surface area (Å²) < 4.78 is 1.61. The molecule has 0 saturated heterocycles. The van der Waals surface area contributed by atoms with Gasteiger partial charge in [0.05, 0.1) is 0 Å². The van der Waals surface area contributed by atoms with E-state index in [9.17, 15) is 4.79 Å². The maximum Gasteiger partial charge on any atom is 0.260 e. The minimum atomic E-state index is 0.0903. The third kappa shape index (κ3) is 0.816. The van der Waals surface area contributed by atoms with Crippen LogP contribution in [0.1, 0.15) is 4.88 Å². The maximum absolute atomic E-state index is 10.6. The van der Waals surface area contributed by atoms with Crippen LogP contribution in [0, 0.1) is 6.92 Å². The molecule has 0 atom stereocenters. The molecule has 0 aromatic carbocycles. The lowest BCUT2D eigenvalue weighted by Gasteiger charge is -1.78. The molecule has 0 unspecified atom stereocenters. The van der Waals surface area contributed by atoms with Crippen molar-refractivity contribution in [2.75, 3.05) is 0 Å². The molecular formula is C5H7NOS. The summed E-state index contributed by atoms with van der Waals surface area (Å²) in [7, 11) is 1.76. The topological polar surface area (TPSA) is 22.0 Å². The molecule has 8 heavy (non-hydrogen) atoms. The van der Waals surface area contributed by atoms with E-state index in [-0.39, 0.29) is 5.56 Å². The van der Waals surface area contributed by atoms with Crippen molar-refractivity contribution < 1.29 is 0 Å². The van der Waals surface area contributed by atoms with Gasteiger partial charge in [0, 0.05) is 18.0 Å². The fourth-order valence-corrected chi connectivity index (χ4v) is 1.28. The Labute approximate surface area is 51.5 Å². The van der Waals surface area contributed by atoms with Crippen molar-refractivity contribution in [3.63, 3.8) is 0 Å². The Hall–Kier alpha value is -0.570. The molecule has 0 aliphatic rings. The zero-order valence-corrected chi connectivity index (χ0v) is 5.66. The van der Waals surface area contributed by atoms with Crippen molar-refractivity contribution in [3.8, 4) is 0 Å². The molecule has 0 amide bonds. The molecule has 0 N–H and O–H groups in total. The molecule has 3 heteroatoms. The van der Waals surface area contributed by atoms with Crippen molar-refractivity contribution >= 4 is 11.5 Å². The van der Waals surface area contributed by atoms with E-state index in [1.165, 1.54) is 11.5 Å². The summed E-state index contributed by atoms with van der Waals surface area (Å²) in [6.07, 6.45) is 0. The minimum Gasteiger partial charge on any atom is -0.268 e. The molecule has 0 saturated carbocycles. The van der Waals surface area contributed by atoms with Gasteiger partial charge in [-0.2, -0.15) is 0 Å². The zero-order chi connectivity index (χ0) is 6.15. The first-order valence-electron chi connectivity index (χ1n) is 2.34. The van der Waals surface area contributed by atoms with Gasteiger partial charge < -0.3 is 0 Å². The van der Waals surface area contributed by atoms with Gasteiger partial charge in [-0.05, 0) is 6.92 Å². The van der Waals surface area contributed by atoms with E-state index < -0.39 is 0 Å². The summed E-state index contributed by atoms with van der Waals surface area (Å²) in [4.78, 5) is 11.7. The van der Waals surface area contributed by atoms with E-state index in [1.54, 1.807) is 17.1 Å². The average molecular weight is 129 g/mol. The number of hydrogen-bond acceptors (Lipinski definition) is 2. The van der Waals surface area contributed by atoms with E-state index >= 15 is 0 Å². The Bertz CT molecular complexity index is 235. The summed E-state index contributed by atoms with van der Waals surface area (Å²) in [6, 6.07) is 1.63. The predicted molar refractivity (Wildman–Crippen MR) is 34.3 cm³/mol. The average Bonchev–Trinajstić information content (AvgIpc) is 1.85. The van der Waals surface area contributed by atoms with Crippen molar-refractivity contribution in [2.45, 2.75) is 6.92 Å². The second-order valence-electron chi connectivity index (χ2n) is 1.68. The predicted octanol–water partition coefficient (Wildman–Crippen LogP) is 0.755. The molecule has 0 fully saturated rings. The third-order valence-corrected chi connectivity index (χ3v) is 1.78. The molecule has 0 spiro atoms. The largest absolute Gasteiger partial charge is 0.268 e. The second kappa shape index (κ2) is 1.74. The summed E-state index contributed by atoms with van der Waals surface area (Å²) >= 11 is 1.47. The normalized spacial score (nSPS) is 9.75. The van der Waals surface area contributed by atoms with E-state index in [0.29, 0.717) is 0 Å². The number of nitrogens with zero attached hydrogens (tertiary/aromatic N) is 1. The first-order chi connectivity index (χ1) is 3.70.